The number of benzene rings is 1. The molecule has 0 aliphatic heterocycles. The Hall–Kier alpha value is -0.900. The molecule has 1 N–H and O–H groups in total. The van der Waals surface area contributed by atoms with Crippen molar-refractivity contribution in [3.63, 3.8) is 0 Å². The number of rotatable bonds is 5. The summed E-state index contributed by atoms with van der Waals surface area (Å²) in [5.41, 5.74) is 2.42. The Labute approximate surface area is 111 Å². The van der Waals surface area contributed by atoms with Crippen molar-refractivity contribution in [2.45, 2.75) is 19.9 Å². The molecule has 0 atom stereocenters. The molecule has 0 saturated heterocycles. The van der Waals surface area contributed by atoms with Crippen LogP contribution in [-0.2, 0) is 13.0 Å². The predicted molar refractivity (Wildman–Crippen MR) is 73.8 cm³/mol. The first-order valence-electron chi connectivity index (χ1n) is 5.66. The van der Waals surface area contributed by atoms with Gasteiger partial charge in [-0.3, -0.25) is 0 Å². The van der Waals surface area contributed by atoms with Gasteiger partial charge in [0.05, 0.1) is 5.01 Å². The third-order valence-electron chi connectivity index (χ3n) is 2.51. The van der Waals surface area contributed by atoms with Crippen molar-refractivity contribution >= 4 is 22.9 Å². The third-order valence-corrected chi connectivity index (χ3v) is 3.66. The summed E-state index contributed by atoms with van der Waals surface area (Å²) in [7, 11) is 0. The number of hydrogen-bond acceptors (Lipinski definition) is 3. The van der Waals surface area contributed by atoms with Crippen LogP contribution in [-0.4, -0.2) is 11.5 Å². The fraction of sp³-hybridized carbons (Fsp3) is 0.308. The van der Waals surface area contributed by atoms with Crippen molar-refractivity contribution in [3.8, 4) is 0 Å². The van der Waals surface area contributed by atoms with Crippen molar-refractivity contribution in [2.75, 3.05) is 6.54 Å². The van der Waals surface area contributed by atoms with E-state index in [1.165, 1.54) is 5.56 Å². The number of hydrogen-bond donors (Lipinski definition) is 1. The van der Waals surface area contributed by atoms with Gasteiger partial charge in [-0.05, 0) is 23.7 Å². The van der Waals surface area contributed by atoms with E-state index in [0.29, 0.717) is 0 Å². The van der Waals surface area contributed by atoms with Crippen LogP contribution in [0.25, 0.3) is 0 Å². The van der Waals surface area contributed by atoms with Crippen LogP contribution in [0.3, 0.4) is 0 Å². The van der Waals surface area contributed by atoms with Gasteiger partial charge in [0.1, 0.15) is 0 Å². The maximum Gasteiger partial charge on any atom is 0.0968 e. The number of nitrogens with one attached hydrogen (secondary N) is 1. The summed E-state index contributed by atoms with van der Waals surface area (Å²) < 4.78 is 0. The molecule has 0 aliphatic rings. The van der Waals surface area contributed by atoms with E-state index in [9.17, 15) is 0 Å². The molecular weight excluding hydrogens is 252 g/mol. The normalized spacial score (nSPS) is 10.7. The molecule has 17 heavy (non-hydrogen) atoms. The Balaban J connectivity index is 2.13. The maximum absolute atomic E-state index is 6.16. The van der Waals surface area contributed by atoms with Gasteiger partial charge < -0.3 is 5.32 Å². The lowest BCUT2D eigenvalue weighted by Gasteiger charge is -2.07. The Morgan fingerprint density at radius 1 is 1.41 bits per heavy atom. The lowest BCUT2D eigenvalue weighted by molar-refractivity contribution is 0.726. The van der Waals surface area contributed by atoms with Crippen molar-refractivity contribution in [3.05, 3.63) is 50.9 Å². The second-order valence-corrected chi connectivity index (χ2v) is 5.20. The lowest BCUT2D eigenvalue weighted by Crippen LogP contribution is -2.12. The van der Waals surface area contributed by atoms with Crippen LogP contribution in [0.2, 0.25) is 5.02 Å². The van der Waals surface area contributed by atoms with E-state index in [1.807, 2.05) is 17.6 Å². The Kier molecular flexibility index (Phi) is 4.54. The van der Waals surface area contributed by atoms with Gasteiger partial charge in [-0.2, -0.15) is 0 Å². The molecular formula is C13H15ClN2S. The van der Waals surface area contributed by atoms with E-state index in [4.69, 9.17) is 11.6 Å². The van der Waals surface area contributed by atoms with Gasteiger partial charge in [-0.1, -0.05) is 30.7 Å². The van der Waals surface area contributed by atoms with Crippen LogP contribution >= 0.6 is 22.9 Å². The number of halogens is 1. The standard InChI is InChI=1S/C13H15ClN2S/c1-2-15-9-11-7-10(3-4-12(11)14)8-13-16-5-6-17-13/h3-7,15H,2,8-9H2,1H3. The van der Waals surface area contributed by atoms with Gasteiger partial charge in [0.25, 0.3) is 0 Å². The van der Waals surface area contributed by atoms with Crippen LogP contribution < -0.4 is 5.32 Å². The summed E-state index contributed by atoms with van der Waals surface area (Å²) in [4.78, 5) is 4.30. The summed E-state index contributed by atoms with van der Waals surface area (Å²) in [6, 6.07) is 6.20. The fourth-order valence-electron chi connectivity index (χ4n) is 1.65. The molecule has 0 amide bonds. The monoisotopic (exact) mass is 266 g/mol. The van der Waals surface area contributed by atoms with Gasteiger partial charge in [0.15, 0.2) is 0 Å². The largest absolute Gasteiger partial charge is 0.313 e. The zero-order valence-electron chi connectivity index (χ0n) is 9.74. The summed E-state index contributed by atoms with van der Waals surface area (Å²) in [6.07, 6.45) is 2.73. The number of aromatic nitrogens is 1. The van der Waals surface area contributed by atoms with Crippen LogP contribution in [0.1, 0.15) is 23.1 Å². The molecule has 1 heterocycles. The minimum Gasteiger partial charge on any atom is -0.313 e. The average molecular weight is 267 g/mol. The first-order valence-corrected chi connectivity index (χ1v) is 6.91. The van der Waals surface area contributed by atoms with Crippen LogP contribution in [0.4, 0.5) is 0 Å². The van der Waals surface area contributed by atoms with Crippen LogP contribution in [0, 0.1) is 0 Å². The summed E-state index contributed by atoms with van der Waals surface area (Å²) in [6.45, 7) is 3.86. The van der Waals surface area contributed by atoms with E-state index in [2.05, 4.69) is 29.4 Å². The van der Waals surface area contributed by atoms with Crippen molar-refractivity contribution < 1.29 is 0 Å². The molecule has 1 aromatic carbocycles. The van der Waals surface area contributed by atoms with E-state index >= 15 is 0 Å². The Morgan fingerprint density at radius 3 is 3.00 bits per heavy atom. The lowest BCUT2D eigenvalue weighted by atomic mass is 10.1. The molecule has 0 spiro atoms. The molecule has 1 aromatic heterocycles. The van der Waals surface area contributed by atoms with Crippen molar-refractivity contribution in [1.29, 1.82) is 0 Å². The highest BCUT2D eigenvalue weighted by atomic mass is 35.5. The fourth-order valence-corrected chi connectivity index (χ4v) is 2.48. The van der Waals surface area contributed by atoms with Crippen molar-refractivity contribution in [2.24, 2.45) is 0 Å². The highest BCUT2D eigenvalue weighted by Crippen LogP contribution is 2.20. The first-order chi connectivity index (χ1) is 8.29. The summed E-state index contributed by atoms with van der Waals surface area (Å²) in [5.74, 6) is 0. The van der Waals surface area contributed by atoms with E-state index < -0.39 is 0 Å². The first kappa shape index (κ1) is 12.6. The van der Waals surface area contributed by atoms with Crippen LogP contribution in [0.15, 0.2) is 29.8 Å². The van der Waals surface area contributed by atoms with E-state index in [-0.39, 0.29) is 0 Å². The molecule has 2 rings (SSSR count). The zero-order valence-corrected chi connectivity index (χ0v) is 11.3. The molecule has 4 heteroatoms. The molecule has 0 fully saturated rings. The number of thiazole rings is 1. The second kappa shape index (κ2) is 6.15. The summed E-state index contributed by atoms with van der Waals surface area (Å²) in [5, 5.41) is 7.27. The van der Waals surface area contributed by atoms with Gasteiger partial charge in [-0.25, -0.2) is 4.98 Å². The van der Waals surface area contributed by atoms with Gasteiger partial charge in [0, 0.05) is 29.6 Å². The zero-order chi connectivity index (χ0) is 12.1. The Morgan fingerprint density at radius 2 is 2.29 bits per heavy atom. The maximum atomic E-state index is 6.16. The third kappa shape index (κ3) is 3.53. The van der Waals surface area contributed by atoms with E-state index in [1.54, 1.807) is 11.3 Å². The van der Waals surface area contributed by atoms with Crippen molar-refractivity contribution in [1.82, 2.24) is 10.3 Å². The highest BCUT2D eigenvalue weighted by molar-refractivity contribution is 7.09. The molecule has 0 bridgehead atoms. The highest BCUT2D eigenvalue weighted by Gasteiger charge is 2.04. The topological polar surface area (TPSA) is 24.9 Å². The minimum atomic E-state index is 0.820. The molecule has 0 saturated carbocycles. The number of nitrogens with zero attached hydrogens (tertiary/aromatic N) is 1. The smallest absolute Gasteiger partial charge is 0.0968 e. The molecule has 0 unspecified atom stereocenters. The van der Waals surface area contributed by atoms with Gasteiger partial charge in [-0.15, -0.1) is 11.3 Å². The van der Waals surface area contributed by atoms with Crippen LogP contribution in [0.5, 0.6) is 0 Å². The predicted octanol–water partition coefficient (Wildman–Crippen LogP) is 3.50. The second-order valence-electron chi connectivity index (χ2n) is 3.81. The molecule has 2 aromatic rings. The van der Waals surface area contributed by atoms with Gasteiger partial charge >= 0.3 is 0 Å². The Bertz CT molecular complexity index is 468. The molecule has 90 valence electrons. The minimum absolute atomic E-state index is 0.820. The molecule has 0 radical (unpaired) electrons. The average Bonchev–Trinajstić information content (AvgIpc) is 2.82. The van der Waals surface area contributed by atoms with Gasteiger partial charge in [0.2, 0.25) is 0 Å². The molecule has 2 nitrogen and oxygen atoms in total. The van der Waals surface area contributed by atoms with E-state index in [0.717, 1.165) is 35.1 Å². The quantitative estimate of drug-likeness (QED) is 0.896. The SMILES string of the molecule is CCNCc1cc(Cc2nccs2)ccc1Cl. The molecule has 0 aliphatic carbocycles. The summed E-state index contributed by atoms with van der Waals surface area (Å²) >= 11 is 7.85.